The Morgan fingerprint density at radius 2 is 2.00 bits per heavy atom. The third kappa shape index (κ3) is 3.55. The summed E-state index contributed by atoms with van der Waals surface area (Å²) in [5, 5.41) is 2.73. The summed E-state index contributed by atoms with van der Waals surface area (Å²) in [6.07, 6.45) is 2.46. The second-order valence-electron chi connectivity index (χ2n) is 6.40. The van der Waals surface area contributed by atoms with Crippen LogP contribution < -0.4 is 5.32 Å². The van der Waals surface area contributed by atoms with E-state index in [9.17, 15) is 18.0 Å². The van der Waals surface area contributed by atoms with E-state index >= 15 is 0 Å². The van der Waals surface area contributed by atoms with E-state index in [1.54, 1.807) is 41.5 Å². The summed E-state index contributed by atoms with van der Waals surface area (Å²) in [5.74, 6) is -0.536. The van der Waals surface area contributed by atoms with Crippen LogP contribution in [0.5, 0.6) is 0 Å². The van der Waals surface area contributed by atoms with Crippen molar-refractivity contribution in [1.82, 2.24) is 14.5 Å². The number of carbonyl (C=O) groups is 1. The fraction of sp³-hybridized carbons (Fsp3) is 0.211. The van der Waals surface area contributed by atoms with Gasteiger partial charge in [0, 0.05) is 18.3 Å². The smallest absolute Gasteiger partial charge is 0.324 e. The SMILES string of the molecule is O=C(Nc1ccc(-n2ccnc2)nc1)[C@@H]1C[C@H]1c1ccccc1C(F)(F)F. The van der Waals surface area contributed by atoms with Crippen LogP contribution >= 0.6 is 0 Å². The lowest BCUT2D eigenvalue weighted by Crippen LogP contribution is -2.16. The van der Waals surface area contributed by atoms with E-state index in [0.717, 1.165) is 6.07 Å². The topological polar surface area (TPSA) is 59.8 Å². The highest BCUT2D eigenvalue weighted by atomic mass is 19.4. The van der Waals surface area contributed by atoms with Gasteiger partial charge in [0.2, 0.25) is 5.91 Å². The minimum Gasteiger partial charge on any atom is -0.324 e. The maximum Gasteiger partial charge on any atom is 0.416 e. The van der Waals surface area contributed by atoms with Crippen LogP contribution in [0.4, 0.5) is 18.9 Å². The number of alkyl halides is 3. The molecule has 0 aliphatic heterocycles. The number of aromatic nitrogens is 3. The van der Waals surface area contributed by atoms with Crippen molar-refractivity contribution >= 4 is 11.6 Å². The molecule has 138 valence electrons. The summed E-state index contributed by atoms with van der Waals surface area (Å²) in [5.41, 5.74) is 0.00834. The van der Waals surface area contributed by atoms with Crippen LogP contribution in [-0.4, -0.2) is 20.4 Å². The van der Waals surface area contributed by atoms with Crippen molar-refractivity contribution in [2.75, 3.05) is 5.32 Å². The van der Waals surface area contributed by atoms with E-state index < -0.39 is 23.6 Å². The first-order valence-corrected chi connectivity index (χ1v) is 8.35. The maximum absolute atomic E-state index is 13.2. The Morgan fingerprint density at radius 1 is 1.19 bits per heavy atom. The number of imidazole rings is 1. The number of nitrogens with one attached hydrogen (secondary N) is 1. The van der Waals surface area contributed by atoms with Gasteiger partial charge in [0.25, 0.3) is 0 Å². The van der Waals surface area contributed by atoms with Crippen molar-refractivity contribution in [2.24, 2.45) is 5.92 Å². The lowest BCUT2D eigenvalue weighted by atomic mass is 10.0. The molecule has 1 aromatic carbocycles. The quantitative estimate of drug-likeness (QED) is 0.752. The van der Waals surface area contributed by atoms with E-state index in [1.165, 1.54) is 18.3 Å². The van der Waals surface area contributed by atoms with Gasteiger partial charge >= 0.3 is 6.18 Å². The van der Waals surface area contributed by atoms with Crippen LogP contribution in [0, 0.1) is 5.92 Å². The van der Waals surface area contributed by atoms with Crippen LogP contribution in [0.3, 0.4) is 0 Å². The number of anilines is 1. The van der Waals surface area contributed by atoms with E-state index in [4.69, 9.17) is 0 Å². The average Bonchev–Trinajstić information content (AvgIpc) is 3.27. The highest BCUT2D eigenvalue weighted by Crippen LogP contribution is 2.51. The maximum atomic E-state index is 13.2. The number of hydrogen-bond donors (Lipinski definition) is 1. The first-order chi connectivity index (χ1) is 12.9. The molecule has 2 atom stereocenters. The summed E-state index contributed by atoms with van der Waals surface area (Å²) < 4.78 is 41.2. The highest BCUT2D eigenvalue weighted by Gasteiger charge is 2.47. The molecule has 1 N–H and O–H groups in total. The van der Waals surface area contributed by atoms with Gasteiger partial charge in [0.05, 0.1) is 17.4 Å². The zero-order chi connectivity index (χ0) is 19.0. The first kappa shape index (κ1) is 17.3. The number of carbonyl (C=O) groups excluding carboxylic acids is 1. The van der Waals surface area contributed by atoms with Gasteiger partial charge in [-0.3, -0.25) is 9.36 Å². The average molecular weight is 372 g/mol. The molecule has 0 unspecified atom stereocenters. The fourth-order valence-electron chi connectivity index (χ4n) is 3.15. The van der Waals surface area contributed by atoms with Crippen molar-refractivity contribution < 1.29 is 18.0 Å². The number of benzene rings is 1. The first-order valence-electron chi connectivity index (χ1n) is 8.35. The van der Waals surface area contributed by atoms with Gasteiger partial charge in [-0.1, -0.05) is 18.2 Å². The number of halogens is 3. The number of nitrogens with zero attached hydrogens (tertiary/aromatic N) is 3. The Balaban J connectivity index is 1.44. The molecule has 1 amide bonds. The summed E-state index contributed by atoms with van der Waals surface area (Å²) in [7, 11) is 0. The summed E-state index contributed by atoms with van der Waals surface area (Å²) in [4.78, 5) is 20.6. The Labute approximate surface area is 152 Å². The molecule has 1 saturated carbocycles. The molecule has 2 heterocycles. The summed E-state index contributed by atoms with van der Waals surface area (Å²) in [6, 6.07) is 8.85. The molecular formula is C19H15F3N4O. The third-order valence-corrected chi connectivity index (χ3v) is 4.58. The highest BCUT2D eigenvalue weighted by molar-refractivity contribution is 5.95. The summed E-state index contributed by atoms with van der Waals surface area (Å²) >= 11 is 0. The van der Waals surface area contributed by atoms with Gasteiger partial charge in [0.1, 0.15) is 12.1 Å². The van der Waals surface area contributed by atoms with Gasteiger partial charge in [0.15, 0.2) is 0 Å². The lowest BCUT2D eigenvalue weighted by molar-refractivity contribution is -0.138. The second-order valence-corrected chi connectivity index (χ2v) is 6.40. The van der Waals surface area contributed by atoms with Gasteiger partial charge in [-0.25, -0.2) is 9.97 Å². The van der Waals surface area contributed by atoms with Crippen LogP contribution in [0.2, 0.25) is 0 Å². The van der Waals surface area contributed by atoms with Gasteiger partial charge in [-0.05, 0) is 36.1 Å². The zero-order valence-corrected chi connectivity index (χ0v) is 14.0. The predicted molar refractivity (Wildman–Crippen MR) is 92.3 cm³/mol. The minimum atomic E-state index is -4.42. The molecule has 0 bridgehead atoms. The molecule has 2 aromatic heterocycles. The molecule has 1 aliphatic rings. The predicted octanol–water partition coefficient (Wildman–Crippen LogP) is 4.03. The molecule has 1 fully saturated rings. The zero-order valence-electron chi connectivity index (χ0n) is 14.0. The Hall–Kier alpha value is -3.16. The summed E-state index contributed by atoms with van der Waals surface area (Å²) in [6.45, 7) is 0. The molecular weight excluding hydrogens is 357 g/mol. The number of hydrogen-bond acceptors (Lipinski definition) is 3. The number of amides is 1. The van der Waals surface area contributed by atoms with Crippen LogP contribution in [-0.2, 0) is 11.0 Å². The number of pyridine rings is 1. The Kier molecular flexibility index (Phi) is 4.18. The molecule has 3 aromatic rings. The molecule has 8 heteroatoms. The van der Waals surface area contributed by atoms with E-state index in [-0.39, 0.29) is 11.5 Å². The molecule has 1 aliphatic carbocycles. The molecule has 0 spiro atoms. The van der Waals surface area contributed by atoms with Gasteiger partial charge in [-0.15, -0.1) is 0 Å². The van der Waals surface area contributed by atoms with Gasteiger partial charge < -0.3 is 5.32 Å². The molecule has 4 rings (SSSR count). The molecule has 0 saturated heterocycles. The van der Waals surface area contributed by atoms with Crippen molar-refractivity contribution in [2.45, 2.75) is 18.5 Å². The van der Waals surface area contributed by atoms with E-state index in [2.05, 4.69) is 15.3 Å². The van der Waals surface area contributed by atoms with Crippen molar-refractivity contribution in [3.8, 4) is 5.82 Å². The Bertz CT molecular complexity index is 952. The molecule has 27 heavy (non-hydrogen) atoms. The lowest BCUT2D eigenvalue weighted by Gasteiger charge is -2.12. The second kappa shape index (κ2) is 6.53. The van der Waals surface area contributed by atoms with E-state index in [1.807, 2.05) is 0 Å². The van der Waals surface area contributed by atoms with E-state index in [0.29, 0.717) is 17.9 Å². The van der Waals surface area contributed by atoms with Crippen molar-refractivity contribution in [3.05, 3.63) is 72.4 Å². The van der Waals surface area contributed by atoms with Crippen LogP contribution in [0.15, 0.2) is 61.3 Å². The third-order valence-electron chi connectivity index (χ3n) is 4.58. The fourth-order valence-corrected chi connectivity index (χ4v) is 3.15. The normalized spacial score (nSPS) is 18.9. The van der Waals surface area contributed by atoms with Crippen molar-refractivity contribution in [3.63, 3.8) is 0 Å². The van der Waals surface area contributed by atoms with Crippen LogP contribution in [0.1, 0.15) is 23.5 Å². The Morgan fingerprint density at radius 3 is 2.67 bits per heavy atom. The standard InChI is InChI=1S/C19H15F3N4O/c20-19(21,22)16-4-2-1-3-13(16)14-9-15(14)18(27)25-12-5-6-17(24-10-12)26-8-7-23-11-26/h1-8,10-11,14-15H,9H2,(H,25,27)/t14-,15+/m0/s1. The largest absolute Gasteiger partial charge is 0.416 e. The monoisotopic (exact) mass is 372 g/mol. The van der Waals surface area contributed by atoms with Crippen LogP contribution in [0.25, 0.3) is 5.82 Å². The molecule has 0 radical (unpaired) electrons. The number of rotatable bonds is 4. The molecule has 5 nitrogen and oxygen atoms in total. The van der Waals surface area contributed by atoms with Gasteiger partial charge in [-0.2, -0.15) is 13.2 Å². The minimum absolute atomic E-state index is 0.179. The van der Waals surface area contributed by atoms with Crippen molar-refractivity contribution in [1.29, 1.82) is 0 Å².